The molecule has 0 aliphatic rings. The molecular weight excluding hydrogens is 174 g/mol. The van der Waals surface area contributed by atoms with Gasteiger partial charge in [0.2, 0.25) is 0 Å². The molecule has 1 aromatic rings. The Morgan fingerprint density at radius 3 is 2.38 bits per heavy atom. The molecule has 13 heavy (non-hydrogen) atoms. The van der Waals surface area contributed by atoms with Crippen molar-refractivity contribution in [2.75, 3.05) is 0 Å². The van der Waals surface area contributed by atoms with Gasteiger partial charge in [-0.1, -0.05) is 13.8 Å². The van der Waals surface area contributed by atoms with Crippen molar-refractivity contribution in [3.63, 3.8) is 0 Å². The summed E-state index contributed by atoms with van der Waals surface area (Å²) in [5.74, 6) is 0.265. The Morgan fingerprint density at radius 1 is 1.31 bits per heavy atom. The van der Waals surface area contributed by atoms with Crippen molar-refractivity contribution in [2.24, 2.45) is 0 Å². The molecule has 0 saturated carbocycles. The Balaban J connectivity index is 2.88. The molecule has 70 valence electrons. The summed E-state index contributed by atoms with van der Waals surface area (Å²) in [5, 5.41) is 0. The highest BCUT2D eigenvalue weighted by molar-refractivity contribution is 5.43. The normalized spacial score (nSPS) is 10.2. The van der Waals surface area contributed by atoms with Crippen molar-refractivity contribution in [3.8, 4) is 0 Å². The summed E-state index contributed by atoms with van der Waals surface area (Å²) in [6.45, 7) is 3.94. The van der Waals surface area contributed by atoms with Crippen LogP contribution in [0.4, 0.5) is 8.78 Å². The average molecular weight is 184 g/mol. The van der Waals surface area contributed by atoms with E-state index in [0.717, 1.165) is 5.69 Å². The maximum absolute atomic E-state index is 11.8. The Bertz CT molecular complexity index is 300. The summed E-state index contributed by atoms with van der Waals surface area (Å²) in [5.41, 5.74) is 0.987. The third kappa shape index (κ3) is 2.89. The zero-order valence-electron chi connectivity index (χ0n) is 7.46. The van der Waals surface area contributed by atoms with Crippen LogP contribution in [-0.4, -0.2) is 9.97 Å². The summed E-state index contributed by atoms with van der Waals surface area (Å²) in [4.78, 5) is 7.81. The monoisotopic (exact) mass is 184 g/mol. The van der Waals surface area contributed by atoms with Gasteiger partial charge in [0, 0.05) is 12.3 Å². The molecule has 4 heteroatoms. The predicted octanol–water partition coefficient (Wildman–Crippen LogP) is 2.84. The van der Waals surface area contributed by atoms with Gasteiger partial charge in [-0.3, -0.25) is 9.97 Å². The fraction of sp³-hybridized carbons (Fsp3) is 0.333. The molecule has 0 aromatic carbocycles. The zero-order chi connectivity index (χ0) is 9.84. The Hall–Kier alpha value is -1.32. The second kappa shape index (κ2) is 4.07. The standard InChI is InChI=1S/C9H10F2N2/c1-6(2)8-5-12-7(4-13-8)3-9(10)11/h3-6H,1-2H3. The molecule has 0 aliphatic heterocycles. The first-order valence-corrected chi connectivity index (χ1v) is 3.94. The SMILES string of the molecule is CC(C)c1cnc(C=C(F)F)cn1. The van der Waals surface area contributed by atoms with Crippen molar-refractivity contribution < 1.29 is 8.78 Å². The Kier molecular flexibility index (Phi) is 3.06. The van der Waals surface area contributed by atoms with Gasteiger partial charge in [-0.25, -0.2) is 0 Å². The van der Waals surface area contributed by atoms with Gasteiger partial charge in [-0.05, 0) is 5.92 Å². The molecule has 0 saturated heterocycles. The quantitative estimate of drug-likeness (QED) is 0.706. The fourth-order valence-corrected chi connectivity index (χ4v) is 0.832. The largest absolute Gasteiger partial charge is 0.272 e. The van der Waals surface area contributed by atoms with Gasteiger partial charge < -0.3 is 0 Å². The second-order valence-corrected chi connectivity index (χ2v) is 2.95. The van der Waals surface area contributed by atoms with Crippen LogP contribution in [0.5, 0.6) is 0 Å². The third-order valence-corrected chi connectivity index (χ3v) is 1.54. The lowest BCUT2D eigenvalue weighted by Gasteiger charge is -2.02. The number of rotatable bonds is 2. The minimum absolute atomic E-state index is 0.185. The van der Waals surface area contributed by atoms with E-state index in [9.17, 15) is 8.78 Å². The van der Waals surface area contributed by atoms with Crippen LogP contribution in [0, 0.1) is 0 Å². The molecule has 0 fully saturated rings. The van der Waals surface area contributed by atoms with Crippen LogP contribution in [0.1, 0.15) is 31.2 Å². The van der Waals surface area contributed by atoms with Crippen LogP contribution in [0.15, 0.2) is 18.5 Å². The maximum Gasteiger partial charge on any atom is 0.272 e. The number of aromatic nitrogens is 2. The highest BCUT2D eigenvalue weighted by Gasteiger charge is 2.00. The molecule has 0 amide bonds. The minimum Gasteiger partial charge on any atom is -0.257 e. The molecule has 0 N–H and O–H groups in total. The number of halogens is 2. The Morgan fingerprint density at radius 2 is 2.00 bits per heavy atom. The highest BCUT2D eigenvalue weighted by atomic mass is 19.3. The first-order valence-electron chi connectivity index (χ1n) is 3.94. The lowest BCUT2D eigenvalue weighted by molar-refractivity contribution is 0.429. The molecule has 0 radical (unpaired) electrons. The van der Waals surface area contributed by atoms with Gasteiger partial charge in [-0.15, -0.1) is 0 Å². The van der Waals surface area contributed by atoms with E-state index >= 15 is 0 Å². The minimum atomic E-state index is -1.76. The average Bonchev–Trinajstić information content (AvgIpc) is 2.04. The van der Waals surface area contributed by atoms with Crippen molar-refractivity contribution in [2.45, 2.75) is 19.8 Å². The fourth-order valence-electron chi connectivity index (χ4n) is 0.832. The molecule has 0 atom stereocenters. The number of nitrogens with zero attached hydrogens (tertiary/aromatic N) is 2. The third-order valence-electron chi connectivity index (χ3n) is 1.54. The van der Waals surface area contributed by atoms with Crippen LogP contribution < -0.4 is 0 Å². The maximum atomic E-state index is 11.8. The summed E-state index contributed by atoms with van der Waals surface area (Å²) in [6, 6.07) is 0. The molecule has 1 aromatic heterocycles. The van der Waals surface area contributed by atoms with Gasteiger partial charge in [0.15, 0.2) is 0 Å². The molecule has 1 heterocycles. The lowest BCUT2D eigenvalue weighted by atomic mass is 10.1. The van der Waals surface area contributed by atoms with Crippen LogP contribution in [0.3, 0.4) is 0 Å². The van der Waals surface area contributed by atoms with Crippen LogP contribution in [-0.2, 0) is 0 Å². The van der Waals surface area contributed by atoms with E-state index < -0.39 is 6.08 Å². The predicted molar refractivity (Wildman–Crippen MR) is 46.3 cm³/mol. The van der Waals surface area contributed by atoms with Crippen LogP contribution >= 0.6 is 0 Å². The molecular formula is C9H10F2N2. The first kappa shape index (κ1) is 9.77. The highest BCUT2D eigenvalue weighted by Crippen LogP contribution is 2.11. The van der Waals surface area contributed by atoms with Gasteiger partial charge in [0.05, 0.1) is 17.6 Å². The van der Waals surface area contributed by atoms with Gasteiger partial charge in [0.1, 0.15) is 0 Å². The molecule has 0 aliphatic carbocycles. The van der Waals surface area contributed by atoms with Gasteiger partial charge >= 0.3 is 0 Å². The van der Waals surface area contributed by atoms with E-state index in [4.69, 9.17) is 0 Å². The second-order valence-electron chi connectivity index (χ2n) is 2.95. The topological polar surface area (TPSA) is 25.8 Å². The molecule has 0 unspecified atom stereocenters. The zero-order valence-corrected chi connectivity index (χ0v) is 7.46. The van der Waals surface area contributed by atoms with Crippen molar-refractivity contribution in [1.82, 2.24) is 9.97 Å². The Labute approximate surface area is 75.3 Å². The number of hydrogen-bond acceptors (Lipinski definition) is 2. The first-order chi connectivity index (χ1) is 6.09. The van der Waals surface area contributed by atoms with E-state index in [2.05, 4.69) is 9.97 Å². The van der Waals surface area contributed by atoms with E-state index in [-0.39, 0.29) is 11.6 Å². The molecule has 1 rings (SSSR count). The van der Waals surface area contributed by atoms with Gasteiger partial charge in [-0.2, -0.15) is 8.78 Å². The van der Waals surface area contributed by atoms with E-state index in [1.807, 2.05) is 13.8 Å². The summed E-state index contributed by atoms with van der Waals surface area (Å²) >= 11 is 0. The van der Waals surface area contributed by atoms with Gasteiger partial charge in [0.25, 0.3) is 6.08 Å². The van der Waals surface area contributed by atoms with Crippen molar-refractivity contribution in [1.29, 1.82) is 0 Å². The summed E-state index contributed by atoms with van der Waals surface area (Å²) < 4.78 is 23.5. The summed E-state index contributed by atoms with van der Waals surface area (Å²) in [6.07, 6.45) is 1.79. The van der Waals surface area contributed by atoms with Crippen molar-refractivity contribution >= 4 is 6.08 Å². The van der Waals surface area contributed by atoms with E-state index in [1.165, 1.54) is 12.4 Å². The van der Waals surface area contributed by atoms with E-state index in [0.29, 0.717) is 6.08 Å². The van der Waals surface area contributed by atoms with Crippen LogP contribution in [0.2, 0.25) is 0 Å². The summed E-state index contributed by atoms with van der Waals surface area (Å²) in [7, 11) is 0. The molecule has 0 spiro atoms. The lowest BCUT2D eigenvalue weighted by Crippen LogP contribution is -1.94. The van der Waals surface area contributed by atoms with E-state index in [1.54, 1.807) is 0 Å². The molecule has 2 nitrogen and oxygen atoms in total. The van der Waals surface area contributed by atoms with Crippen LogP contribution in [0.25, 0.3) is 6.08 Å². The smallest absolute Gasteiger partial charge is 0.257 e. The number of hydrogen-bond donors (Lipinski definition) is 0. The van der Waals surface area contributed by atoms with Crippen molar-refractivity contribution in [3.05, 3.63) is 29.9 Å². The molecule has 0 bridgehead atoms.